The highest BCUT2D eigenvalue weighted by Crippen LogP contribution is 2.34. The molecule has 31 heavy (non-hydrogen) atoms. The molecule has 0 atom stereocenters. The van der Waals surface area contributed by atoms with Crippen LogP contribution in [0.5, 0.6) is 5.75 Å². The number of aliphatic carboxylic acids is 1. The number of carboxylic acids is 1. The molecule has 8 nitrogen and oxygen atoms in total. The lowest BCUT2D eigenvalue weighted by molar-refractivity contribution is -0.137. The number of hydrogen-bond donors (Lipinski definition) is 2. The first kappa shape index (κ1) is 23.2. The van der Waals surface area contributed by atoms with Gasteiger partial charge < -0.3 is 9.84 Å². The van der Waals surface area contributed by atoms with Gasteiger partial charge in [0.1, 0.15) is 5.75 Å². The number of halogens is 1. The normalized spacial score (nSPS) is 15.5. The lowest BCUT2D eigenvalue weighted by Gasteiger charge is -2.16. The van der Waals surface area contributed by atoms with Crippen molar-refractivity contribution in [1.29, 1.82) is 0 Å². The van der Waals surface area contributed by atoms with Gasteiger partial charge in [-0.2, -0.15) is 0 Å². The Morgan fingerprint density at radius 3 is 2.58 bits per heavy atom. The second-order valence-corrected chi connectivity index (χ2v) is 9.87. The minimum atomic E-state index is -4.06. The fraction of sp³-hybridized carbons (Fsp3) is 0.105. The second-order valence-electron chi connectivity index (χ2n) is 6.10. The van der Waals surface area contributed by atoms with Crippen molar-refractivity contribution in [2.24, 2.45) is 0 Å². The van der Waals surface area contributed by atoms with E-state index in [1.807, 2.05) is 0 Å². The number of thioether (sulfide) groups is 1. The number of nitrogens with one attached hydrogen (secondary N) is 1. The van der Waals surface area contributed by atoms with Gasteiger partial charge >= 0.3 is 5.97 Å². The van der Waals surface area contributed by atoms with Crippen LogP contribution in [0, 0.1) is 0 Å². The first-order chi connectivity index (χ1) is 14.7. The topological polar surface area (TPSA) is 113 Å². The quantitative estimate of drug-likeness (QED) is 0.421. The van der Waals surface area contributed by atoms with Crippen molar-refractivity contribution >= 4 is 67.9 Å². The molecule has 0 unspecified atom stereocenters. The van der Waals surface area contributed by atoms with Crippen LogP contribution in [0.1, 0.15) is 12.0 Å². The Kier molecular flexibility index (Phi) is 7.34. The molecule has 1 heterocycles. The Hall–Kier alpha value is -2.44. The smallest absolute Gasteiger partial charge is 0.306 e. The van der Waals surface area contributed by atoms with Crippen LogP contribution in [0.15, 0.2) is 58.3 Å². The summed E-state index contributed by atoms with van der Waals surface area (Å²) in [6, 6.07) is 12.2. The van der Waals surface area contributed by atoms with Gasteiger partial charge in [0.2, 0.25) is 0 Å². The van der Waals surface area contributed by atoms with Gasteiger partial charge in [0.25, 0.3) is 15.9 Å². The molecule has 0 aliphatic carbocycles. The number of benzene rings is 2. The molecule has 0 saturated carbocycles. The summed E-state index contributed by atoms with van der Waals surface area (Å²) in [7, 11) is -4.06. The van der Waals surface area contributed by atoms with Crippen LogP contribution in [-0.2, 0) is 19.6 Å². The summed E-state index contributed by atoms with van der Waals surface area (Å²) in [6.45, 7) is -0.0396. The highest BCUT2D eigenvalue weighted by molar-refractivity contribution is 8.26. The van der Waals surface area contributed by atoms with Crippen LogP contribution in [0.3, 0.4) is 0 Å². The van der Waals surface area contributed by atoms with Crippen LogP contribution < -0.4 is 9.57 Å². The lowest BCUT2D eigenvalue weighted by atomic mass is 10.2. The number of carbonyl (C=O) groups excluding carboxylic acids is 1. The van der Waals surface area contributed by atoms with E-state index in [0.717, 1.165) is 16.8 Å². The van der Waals surface area contributed by atoms with Gasteiger partial charge in [-0.3, -0.25) is 9.59 Å². The third-order valence-electron chi connectivity index (χ3n) is 3.91. The standard InChI is InChI=1S/C19H15ClN2O6S3/c20-13-5-7-14(8-6-13)31(26,27)21-22-18(25)16(30-19(22)29)11-12-3-1-2-4-15(12)28-10-9-17(23)24/h1-8,11,21H,9-10H2,(H,23,24)/b16-11+. The maximum Gasteiger partial charge on any atom is 0.306 e. The highest BCUT2D eigenvalue weighted by Gasteiger charge is 2.35. The number of carbonyl (C=O) groups is 2. The fourth-order valence-electron chi connectivity index (χ4n) is 2.45. The average molecular weight is 499 g/mol. The molecule has 1 saturated heterocycles. The Labute approximate surface area is 192 Å². The van der Waals surface area contributed by atoms with Crippen molar-refractivity contribution in [2.75, 3.05) is 6.61 Å². The Balaban J connectivity index is 1.80. The number of hydrazine groups is 1. The van der Waals surface area contributed by atoms with Crippen molar-refractivity contribution in [3.05, 3.63) is 64.0 Å². The predicted octanol–water partition coefficient (Wildman–Crippen LogP) is 3.29. The lowest BCUT2D eigenvalue weighted by Crippen LogP contribution is -2.44. The molecule has 1 aliphatic rings. The van der Waals surface area contributed by atoms with Gasteiger partial charge in [-0.15, -0.1) is 4.83 Å². The molecule has 162 valence electrons. The molecule has 2 aromatic carbocycles. The molecule has 2 N–H and O–H groups in total. The summed E-state index contributed by atoms with van der Waals surface area (Å²) >= 11 is 11.9. The number of rotatable bonds is 8. The molecule has 0 spiro atoms. The Bertz CT molecular complexity index is 1170. The van der Waals surface area contributed by atoms with E-state index in [1.54, 1.807) is 24.3 Å². The molecular formula is C19H15ClN2O6S3. The van der Waals surface area contributed by atoms with Crippen molar-refractivity contribution in [2.45, 2.75) is 11.3 Å². The zero-order valence-corrected chi connectivity index (χ0v) is 18.9. The number of thiocarbonyl (C=S) groups is 1. The third-order valence-corrected chi connectivity index (χ3v) is 6.78. The maximum absolute atomic E-state index is 12.8. The number of sulfonamides is 1. The maximum atomic E-state index is 12.8. The predicted molar refractivity (Wildman–Crippen MR) is 121 cm³/mol. The molecule has 12 heteroatoms. The fourth-order valence-corrected chi connectivity index (χ4v) is 4.88. The van der Waals surface area contributed by atoms with Crippen molar-refractivity contribution in [3.8, 4) is 5.75 Å². The van der Waals surface area contributed by atoms with Crippen LogP contribution in [-0.4, -0.2) is 41.3 Å². The monoisotopic (exact) mass is 498 g/mol. The molecular weight excluding hydrogens is 484 g/mol. The molecule has 2 aromatic rings. The third kappa shape index (κ3) is 5.83. The molecule has 1 amide bonds. The summed E-state index contributed by atoms with van der Waals surface area (Å²) in [6.07, 6.45) is 1.33. The highest BCUT2D eigenvalue weighted by atomic mass is 35.5. The van der Waals surface area contributed by atoms with E-state index in [1.165, 1.54) is 30.3 Å². The van der Waals surface area contributed by atoms with Gasteiger partial charge in [0.05, 0.1) is 22.8 Å². The summed E-state index contributed by atoms with van der Waals surface area (Å²) in [4.78, 5) is 25.7. The summed E-state index contributed by atoms with van der Waals surface area (Å²) < 4.78 is 30.6. The zero-order chi connectivity index (χ0) is 22.6. The van der Waals surface area contributed by atoms with E-state index in [0.29, 0.717) is 16.3 Å². The van der Waals surface area contributed by atoms with E-state index in [9.17, 15) is 18.0 Å². The van der Waals surface area contributed by atoms with E-state index >= 15 is 0 Å². The minimum Gasteiger partial charge on any atom is -0.492 e. The van der Waals surface area contributed by atoms with E-state index in [4.69, 9.17) is 33.7 Å². The number of hydrogen-bond acceptors (Lipinski definition) is 7. The van der Waals surface area contributed by atoms with Crippen molar-refractivity contribution < 1.29 is 27.9 Å². The molecule has 0 radical (unpaired) electrons. The molecule has 1 fully saturated rings. The second kappa shape index (κ2) is 9.79. The van der Waals surface area contributed by atoms with Crippen molar-refractivity contribution in [3.63, 3.8) is 0 Å². The van der Waals surface area contributed by atoms with Gasteiger partial charge in [-0.1, -0.05) is 53.8 Å². The van der Waals surface area contributed by atoms with Crippen LogP contribution in [0.25, 0.3) is 6.08 Å². The summed E-state index contributed by atoms with van der Waals surface area (Å²) in [5.41, 5.74) is 0.522. The number of amides is 1. The van der Waals surface area contributed by atoms with Gasteiger partial charge in [-0.05, 0) is 36.4 Å². The largest absolute Gasteiger partial charge is 0.492 e. The van der Waals surface area contributed by atoms with Crippen LogP contribution in [0.4, 0.5) is 0 Å². The summed E-state index contributed by atoms with van der Waals surface area (Å²) in [5, 5.41) is 9.90. The number of carboxylic acid groups (broad SMARTS) is 1. The summed E-state index contributed by atoms with van der Waals surface area (Å²) in [5.74, 6) is -1.25. The number of nitrogens with zero attached hydrogens (tertiary/aromatic N) is 1. The molecule has 0 aromatic heterocycles. The Morgan fingerprint density at radius 2 is 1.90 bits per heavy atom. The van der Waals surface area contributed by atoms with Crippen LogP contribution in [0.2, 0.25) is 5.02 Å². The number of para-hydroxylation sites is 1. The van der Waals surface area contributed by atoms with Gasteiger partial charge in [0.15, 0.2) is 4.32 Å². The van der Waals surface area contributed by atoms with Crippen LogP contribution >= 0.6 is 35.6 Å². The first-order valence-corrected chi connectivity index (χ1v) is 11.8. The SMILES string of the molecule is O=C(O)CCOc1ccccc1/C=C1/SC(=S)N(NS(=O)(=O)c2ccc(Cl)cc2)C1=O. The zero-order valence-electron chi connectivity index (χ0n) is 15.6. The molecule has 1 aliphatic heterocycles. The van der Waals surface area contributed by atoms with E-state index in [-0.39, 0.29) is 27.1 Å². The Morgan fingerprint density at radius 1 is 1.23 bits per heavy atom. The molecule has 0 bridgehead atoms. The van der Waals surface area contributed by atoms with Gasteiger partial charge in [-0.25, -0.2) is 13.4 Å². The number of ether oxygens (including phenoxy) is 1. The average Bonchev–Trinajstić information content (AvgIpc) is 2.96. The van der Waals surface area contributed by atoms with Crippen molar-refractivity contribution in [1.82, 2.24) is 9.84 Å². The molecule has 3 rings (SSSR count). The van der Waals surface area contributed by atoms with Gasteiger partial charge in [0, 0.05) is 10.6 Å². The first-order valence-electron chi connectivity index (χ1n) is 8.67. The van der Waals surface area contributed by atoms with E-state index < -0.39 is 21.9 Å². The minimum absolute atomic E-state index is 0.0121. The van der Waals surface area contributed by atoms with E-state index in [2.05, 4.69) is 4.83 Å².